The van der Waals surface area contributed by atoms with Crippen LogP contribution in [0.5, 0.6) is 0 Å². The maximum absolute atomic E-state index is 2.35. The molecule has 0 heterocycles. The van der Waals surface area contributed by atoms with Gasteiger partial charge in [-0.2, -0.15) is 0 Å². The van der Waals surface area contributed by atoms with Crippen molar-refractivity contribution >= 4 is 0 Å². The van der Waals surface area contributed by atoms with Crippen LogP contribution in [-0.4, -0.2) is 0 Å². The second-order valence-corrected chi connectivity index (χ2v) is 5.51. The minimum atomic E-state index is 0.402. The molecule has 0 saturated heterocycles. The fraction of sp³-hybridized carbons (Fsp3) is 0.529. The van der Waals surface area contributed by atoms with Crippen molar-refractivity contribution in [2.24, 2.45) is 11.3 Å². The molecule has 0 saturated carbocycles. The van der Waals surface area contributed by atoms with E-state index in [1.165, 1.54) is 24.0 Å². The molecule has 0 amide bonds. The normalized spacial score (nSPS) is 25.6. The Balaban J connectivity index is 0.000000686. The van der Waals surface area contributed by atoms with Crippen LogP contribution in [0.25, 0.3) is 0 Å². The summed E-state index contributed by atoms with van der Waals surface area (Å²) < 4.78 is 0. The number of hydrogen-bond acceptors (Lipinski definition) is 0. The molecule has 2 rings (SSSR count). The average Bonchev–Trinajstić information content (AvgIpc) is 2.54. The lowest BCUT2D eigenvalue weighted by molar-refractivity contribution is 0.372. The number of hydrogen-bond donors (Lipinski definition) is 0. The second kappa shape index (κ2) is 6.05. The maximum atomic E-state index is 2.35. The van der Waals surface area contributed by atoms with Crippen molar-refractivity contribution in [3.05, 3.63) is 47.6 Å². The van der Waals surface area contributed by atoms with Crippen LogP contribution in [0.15, 0.2) is 47.6 Å². The zero-order valence-corrected chi connectivity index (χ0v) is 12.0. The minimum absolute atomic E-state index is 0.402. The van der Waals surface area contributed by atoms with Gasteiger partial charge in [0.1, 0.15) is 0 Å². The minimum Gasteiger partial charge on any atom is -0.0834 e. The Labute approximate surface area is 107 Å². The SMILES string of the molecule is CC.CC1C=CC2=C(C=C1)CC(C)(C)CC=C2. The third-order valence-electron chi connectivity index (χ3n) is 3.19. The standard InChI is InChI=1S/C15H20.C2H6/c1-12-6-8-13-5-4-10-15(2,3)11-14(13)9-7-12;1-2/h4-9,12H,10-11H2,1-3H3;1-2H3. The van der Waals surface area contributed by atoms with Gasteiger partial charge in [0, 0.05) is 0 Å². The Morgan fingerprint density at radius 1 is 1.06 bits per heavy atom. The molecule has 0 aliphatic heterocycles. The molecule has 2 aliphatic rings. The van der Waals surface area contributed by atoms with E-state index < -0.39 is 0 Å². The van der Waals surface area contributed by atoms with E-state index in [2.05, 4.69) is 57.2 Å². The first-order chi connectivity index (χ1) is 8.07. The molecule has 0 heteroatoms. The molecule has 0 bridgehead atoms. The lowest BCUT2D eigenvalue weighted by atomic mass is 9.83. The summed E-state index contributed by atoms with van der Waals surface area (Å²) in [5.41, 5.74) is 3.30. The predicted molar refractivity (Wildman–Crippen MR) is 78.0 cm³/mol. The molecule has 17 heavy (non-hydrogen) atoms. The van der Waals surface area contributed by atoms with Crippen LogP contribution >= 0.6 is 0 Å². The molecule has 0 spiro atoms. The monoisotopic (exact) mass is 230 g/mol. The van der Waals surface area contributed by atoms with E-state index in [1.54, 1.807) is 0 Å². The maximum Gasteiger partial charge on any atom is -0.00753 e. The third kappa shape index (κ3) is 4.03. The Morgan fingerprint density at radius 3 is 2.41 bits per heavy atom. The highest BCUT2D eigenvalue weighted by Gasteiger charge is 2.21. The third-order valence-corrected chi connectivity index (χ3v) is 3.19. The summed E-state index contributed by atoms with van der Waals surface area (Å²) in [7, 11) is 0. The highest BCUT2D eigenvalue weighted by Crippen LogP contribution is 2.35. The lowest BCUT2D eigenvalue weighted by Gasteiger charge is -2.22. The van der Waals surface area contributed by atoms with Gasteiger partial charge in [-0.15, -0.1) is 0 Å². The van der Waals surface area contributed by atoms with Gasteiger partial charge in [-0.3, -0.25) is 0 Å². The van der Waals surface area contributed by atoms with Crippen LogP contribution in [0.4, 0.5) is 0 Å². The lowest BCUT2D eigenvalue weighted by Crippen LogP contribution is -2.09. The molecular weight excluding hydrogens is 204 g/mol. The van der Waals surface area contributed by atoms with E-state index in [9.17, 15) is 0 Å². The Kier molecular flexibility index (Phi) is 4.99. The van der Waals surface area contributed by atoms with Crippen molar-refractivity contribution in [2.45, 2.75) is 47.5 Å². The summed E-state index contributed by atoms with van der Waals surface area (Å²) in [4.78, 5) is 0. The molecule has 0 radical (unpaired) electrons. The molecule has 1 atom stereocenters. The first kappa shape index (κ1) is 14.0. The van der Waals surface area contributed by atoms with Crippen LogP contribution in [0, 0.1) is 11.3 Å². The first-order valence-corrected chi connectivity index (χ1v) is 6.83. The van der Waals surface area contributed by atoms with Crippen molar-refractivity contribution in [2.75, 3.05) is 0 Å². The zero-order valence-electron chi connectivity index (χ0n) is 12.0. The first-order valence-electron chi connectivity index (χ1n) is 6.83. The van der Waals surface area contributed by atoms with Gasteiger partial charge in [-0.05, 0) is 35.3 Å². The average molecular weight is 230 g/mol. The predicted octanol–water partition coefficient (Wildman–Crippen LogP) is 5.45. The second-order valence-electron chi connectivity index (χ2n) is 5.51. The zero-order chi connectivity index (χ0) is 12.9. The van der Waals surface area contributed by atoms with E-state index in [0.29, 0.717) is 11.3 Å². The van der Waals surface area contributed by atoms with Gasteiger partial charge in [0.25, 0.3) is 0 Å². The van der Waals surface area contributed by atoms with Gasteiger partial charge in [0.2, 0.25) is 0 Å². The van der Waals surface area contributed by atoms with Crippen LogP contribution in [0.3, 0.4) is 0 Å². The number of rotatable bonds is 0. The van der Waals surface area contributed by atoms with Gasteiger partial charge in [0.05, 0.1) is 0 Å². The smallest absolute Gasteiger partial charge is 0.00753 e. The fourth-order valence-corrected chi connectivity index (χ4v) is 2.21. The highest BCUT2D eigenvalue weighted by molar-refractivity contribution is 5.44. The molecule has 0 N–H and O–H groups in total. The van der Waals surface area contributed by atoms with Gasteiger partial charge >= 0.3 is 0 Å². The van der Waals surface area contributed by atoms with Crippen LogP contribution in [0.1, 0.15) is 47.5 Å². The fourth-order valence-electron chi connectivity index (χ4n) is 2.21. The molecule has 0 aromatic rings. The molecule has 1 unspecified atom stereocenters. The van der Waals surface area contributed by atoms with Crippen molar-refractivity contribution in [3.8, 4) is 0 Å². The van der Waals surface area contributed by atoms with Gasteiger partial charge in [-0.1, -0.05) is 71.1 Å². The number of allylic oxidation sites excluding steroid dienone is 8. The van der Waals surface area contributed by atoms with Crippen LogP contribution in [0.2, 0.25) is 0 Å². The van der Waals surface area contributed by atoms with E-state index in [-0.39, 0.29) is 0 Å². The van der Waals surface area contributed by atoms with Gasteiger partial charge in [0.15, 0.2) is 0 Å². The summed E-state index contributed by atoms with van der Waals surface area (Å²) in [5, 5.41) is 0. The van der Waals surface area contributed by atoms with E-state index in [1.807, 2.05) is 13.8 Å². The van der Waals surface area contributed by atoms with Gasteiger partial charge < -0.3 is 0 Å². The van der Waals surface area contributed by atoms with Crippen LogP contribution < -0.4 is 0 Å². The van der Waals surface area contributed by atoms with E-state index in [4.69, 9.17) is 0 Å². The largest absolute Gasteiger partial charge is 0.0834 e. The summed E-state index contributed by atoms with van der Waals surface area (Å²) in [5.74, 6) is 0.563. The highest BCUT2D eigenvalue weighted by atomic mass is 14.3. The molecule has 2 aliphatic carbocycles. The molecule has 0 nitrogen and oxygen atoms in total. The molecule has 0 aromatic carbocycles. The van der Waals surface area contributed by atoms with Crippen LogP contribution in [-0.2, 0) is 0 Å². The summed E-state index contributed by atoms with van der Waals surface area (Å²) in [6, 6.07) is 0. The molecular formula is C17H26. The molecule has 0 aromatic heterocycles. The molecule has 0 fully saturated rings. The van der Waals surface area contributed by atoms with Crippen molar-refractivity contribution < 1.29 is 0 Å². The summed E-state index contributed by atoms with van der Waals surface area (Å²) in [6.45, 7) is 10.9. The Morgan fingerprint density at radius 2 is 1.71 bits per heavy atom. The van der Waals surface area contributed by atoms with Crippen molar-refractivity contribution in [3.63, 3.8) is 0 Å². The quantitative estimate of drug-likeness (QED) is 0.519. The Hall–Kier alpha value is -1.04. The van der Waals surface area contributed by atoms with Crippen molar-refractivity contribution in [1.82, 2.24) is 0 Å². The van der Waals surface area contributed by atoms with E-state index in [0.717, 1.165) is 0 Å². The van der Waals surface area contributed by atoms with E-state index >= 15 is 0 Å². The summed E-state index contributed by atoms with van der Waals surface area (Å²) >= 11 is 0. The molecule has 94 valence electrons. The summed E-state index contributed by atoms with van der Waals surface area (Å²) in [6.07, 6.45) is 16.1. The van der Waals surface area contributed by atoms with Gasteiger partial charge in [-0.25, -0.2) is 0 Å². The Bertz CT molecular complexity index is 361. The van der Waals surface area contributed by atoms with Crippen molar-refractivity contribution in [1.29, 1.82) is 0 Å². The topological polar surface area (TPSA) is 0 Å².